The summed E-state index contributed by atoms with van der Waals surface area (Å²) < 4.78 is 26.6. The predicted molar refractivity (Wildman–Crippen MR) is 249 cm³/mol. The van der Waals surface area contributed by atoms with Crippen LogP contribution in [0.2, 0.25) is 0 Å². The zero-order valence-corrected chi connectivity index (χ0v) is 38.1. The first-order chi connectivity index (χ1) is 31.9. The minimum Gasteiger partial charge on any atom is -0.459 e. The molecule has 3 aliphatic rings. The predicted octanol–water partition coefficient (Wildman–Crippen LogP) is 8.18. The van der Waals surface area contributed by atoms with Crippen molar-refractivity contribution in [2.24, 2.45) is 22.9 Å². The Kier molecular flexibility index (Phi) is 17.4. The number of oxime groups is 1. The van der Waals surface area contributed by atoms with Crippen LogP contribution in [0.3, 0.4) is 0 Å². The number of rotatable bonds is 24. The van der Waals surface area contributed by atoms with Crippen molar-refractivity contribution in [3.63, 3.8) is 0 Å². The largest absolute Gasteiger partial charge is 0.459 e. The van der Waals surface area contributed by atoms with Crippen molar-refractivity contribution in [1.29, 1.82) is 0 Å². The molecular formula is C51H63N3O12. The molecule has 0 spiro atoms. The van der Waals surface area contributed by atoms with Crippen molar-refractivity contribution in [1.82, 2.24) is 4.90 Å². The number of unbranched alkanes of at least 4 members (excludes halogenated alkanes) is 2. The fraction of sp³-hybridized carbons (Fsp3) is 0.471. The molecule has 1 aliphatic heterocycles. The van der Waals surface area contributed by atoms with Crippen molar-refractivity contribution in [2.45, 2.75) is 89.1 Å². The first-order valence-electron chi connectivity index (χ1n) is 22.8. The van der Waals surface area contributed by atoms with Crippen LogP contribution in [-0.2, 0) is 19.1 Å². The molecule has 0 saturated heterocycles. The summed E-state index contributed by atoms with van der Waals surface area (Å²) in [5, 5.41) is 45.8. The number of carbonyl (C=O) groups excluding carboxylic acids is 2. The summed E-state index contributed by atoms with van der Waals surface area (Å²) in [6, 6.07) is 17.5. The van der Waals surface area contributed by atoms with E-state index < -0.39 is 34.2 Å². The number of carbonyl (C=O) groups is 2. The molecule has 66 heavy (non-hydrogen) atoms. The van der Waals surface area contributed by atoms with E-state index in [4.69, 9.17) is 28.9 Å². The summed E-state index contributed by atoms with van der Waals surface area (Å²) in [7, 11) is 0. The quantitative estimate of drug-likeness (QED) is 0.0195. The lowest BCUT2D eigenvalue weighted by Gasteiger charge is -2.60. The van der Waals surface area contributed by atoms with Gasteiger partial charge >= 0.3 is 0 Å². The number of nitro benzene ring substituents is 1. The maximum Gasteiger partial charge on any atom is 0.269 e. The van der Waals surface area contributed by atoms with E-state index in [9.17, 15) is 35.0 Å². The van der Waals surface area contributed by atoms with Gasteiger partial charge in [-0.1, -0.05) is 42.3 Å². The zero-order chi connectivity index (χ0) is 47.3. The molecule has 1 fully saturated rings. The Labute approximate surface area is 386 Å². The molecule has 1 amide bonds. The first-order valence-corrected chi connectivity index (χ1v) is 22.8. The number of hydrogen-bond donors (Lipinski definition) is 3. The fourth-order valence-corrected chi connectivity index (χ4v) is 9.41. The Bertz CT molecular complexity index is 2230. The Morgan fingerprint density at radius 1 is 0.970 bits per heavy atom. The van der Waals surface area contributed by atoms with Gasteiger partial charge in [-0.05, 0) is 118 Å². The van der Waals surface area contributed by atoms with Crippen LogP contribution in [0.1, 0.15) is 93.1 Å². The highest BCUT2D eigenvalue weighted by Gasteiger charge is 2.65. The summed E-state index contributed by atoms with van der Waals surface area (Å²) in [6.07, 6.45) is 12.0. The topological polar surface area (TPSA) is 200 Å². The van der Waals surface area contributed by atoms with Gasteiger partial charge in [0.25, 0.3) is 5.69 Å². The third-order valence-electron chi connectivity index (χ3n) is 12.2. The lowest BCUT2D eigenvalue weighted by molar-refractivity contribution is -0.384. The second-order valence-corrected chi connectivity index (χ2v) is 17.8. The van der Waals surface area contributed by atoms with Gasteiger partial charge in [0.1, 0.15) is 35.2 Å². The van der Waals surface area contributed by atoms with Gasteiger partial charge in [-0.3, -0.25) is 19.7 Å². The molecule has 15 heteroatoms. The number of ether oxygens (including phenoxy) is 4. The molecule has 3 aromatic rings. The van der Waals surface area contributed by atoms with Crippen LogP contribution in [0.4, 0.5) is 5.69 Å². The van der Waals surface area contributed by atoms with Crippen LogP contribution in [0, 0.1) is 27.9 Å². The summed E-state index contributed by atoms with van der Waals surface area (Å²) in [5.41, 5.74) is 2.61. The Morgan fingerprint density at radius 2 is 1.71 bits per heavy atom. The molecule has 6 atom stereocenters. The number of non-ortho nitro benzene ring substituents is 1. The molecule has 3 N–H and O–H groups in total. The van der Waals surface area contributed by atoms with Crippen molar-refractivity contribution < 1.29 is 53.6 Å². The number of nitro groups is 1. The van der Waals surface area contributed by atoms with Crippen LogP contribution in [0.5, 0.6) is 17.2 Å². The van der Waals surface area contributed by atoms with Crippen molar-refractivity contribution in [3.05, 3.63) is 124 Å². The minimum absolute atomic E-state index is 0.00553. The van der Waals surface area contributed by atoms with Gasteiger partial charge < -0.3 is 44.0 Å². The van der Waals surface area contributed by atoms with E-state index in [1.165, 1.54) is 18.2 Å². The highest BCUT2D eigenvalue weighted by molar-refractivity contribution is 6.03. The number of amides is 1. The van der Waals surface area contributed by atoms with Gasteiger partial charge in [0.05, 0.1) is 43.0 Å². The molecule has 0 aromatic heterocycles. The Morgan fingerprint density at radius 3 is 2.39 bits per heavy atom. The lowest BCUT2D eigenvalue weighted by atomic mass is 9.55. The summed E-state index contributed by atoms with van der Waals surface area (Å²) in [5.74, 6) is -1.42. The Hall–Kier alpha value is -5.71. The number of aldehydes is 1. The number of fused-ring (bicyclic) bond motifs is 2. The standard InChI is InChI=1S/C51H63N3O12/c1-5-27-63-51-46(53(23-28-62-29-26-57)47(59)22-17-35-15-18-38(19-16-35)54(60)61)33-44(52-66-50(2,3)4)42-31-37(12-6-8-24-55)41(14-7-9-25-56)48(49(42)51)43-32-40(20-21-45(43)65-51)64-39-13-10-11-36(30-39)34-58/h5,10-11,13,15-22,30-32,34,37,41,46,48-49,55-57H,1,6-9,12,14,23-29,33H2,2-4H3/t37-,41+,46-,48+,49+,51+/m0/s1. The van der Waals surface area contributed by atoms with Gasteiger partial charge in [0.2, 0.25) is 11.7 Å². The maximum absolute atomic E-state index is 14.9. The number of benzene rings is 3. The molecule has 3 aromatic carbocycles. The highest BCUT2D eigenvalue weighted by Crippen LogP contribution is 2.62. The molecule has 1 heterocycles. The third-order valence-corrected chi connectivity index (χ3v) is 12.2. The van der Waals surface area contributed by atoms with Gasteiger partial charge in [-0.25, -0.2) is 0 Å². The highest BCUT2D eigenvalue weighted by atomic mass is 16.7. The minimum atomic E-state index is -1.56. The van der Waals surface area contributed by atoms with E-state index in [0.717, 1.165) is 43.1 Å². The second-order valence-electron chi connectivity index (χ2n) is 17.8. The van der Waals surface area contributed by atoms with Crippen LogP contribution < -0.4 is 9.47 Å². The Balaban J connectivity index is 1.59. The van der Waals surface area contributed by atoms with Crippen LogP contribution >= 0.6 is 0 Å². The number of aliphatic hydroxyl groups is 3. The van der Waals surface area contributed by atoms with Crippen LogP contribution in [0.15, 0.2) is 102 Å². The molecule has 354 valence electrons. The van der Waals surface area contributed by atoms with Gasteiger partial charge in [-0.15, -0.1) is 6.58 Å². The number of nitrogens with zero attached hydrogens (tertiary/aromatic N) is 3. The van der Waals surface area contributed by atoms with E-state index in [1.54, 1.807) is 59.5 Å². The summed E-state index contributed by atoms with van der Waals surface area (Å²) in [6.45, 7) is 9.84. The fourth-order valence-electron chi connectivity index (χ4n) is 9.41. The second kappa shape index (κ2) is 23.1. The number of hydrogen-bond acceptors (Lipinski definition) is 13. The van der Waals surface area contributed by atoms with Crippen LogP contribution in [-0.4, -0.2) is 107 Å². The third kappa shape index (κ3) is 12.0. The van der Waals surface area contributed by atoms with Gasteiger partial charge in [0.15, 0.2) is 0 Å². The summed E-state index contributed by atoms with van der Waals surface area (Å²) >= 11 is 0. The van der Waals surface area contributed by atoms with Crippen molar-refractivity contribution in [3.8, 4) is 17.2 Å². The molecule has 0 unspecified atom stereocenters. The molecule has 0 radical (unpaired) electrons. The van der Waals surface area contributed by atoms with E-state index in [0.29, 0.717) is 46.9 Å². The van der Waals surface area contributed by atoms with E-state index in [-0.39, 0.29) is 76.0 Å². The average molecular weight is 910 g/mol. The molecule has 2 aliphatic carbocycles. The number of allylic oxidation sites excluding steroid dienone is 1. The van der Waals surface area contributed by atoms with E-state index in [1.807, 2.05) is 32.9 Å². The smallest absolute Gasteiger partial charge is 0.269 e. The lowest BCUT2D eigenvalue weighted by Crippen LogP contribution is -2.70. The van der Waals surface area contributed by atoms with Gasteiger partial charge in [0, 0.05) is 61.4 Å². The molecule has 1 saturated carbocycles. The number of aliphatic hydroxyl groups excluding tert-OH is 3. The maximum atomic E-state index is 14.9. The average Bonchev–Trinajstić information content (AvgIpc) is 3.30. The monoisotopic (exact) mass is 909 g/mol. The molecule has 15 nitrogen and oxygen atoms in total. The molecular weight excluding hydrogens is 847 g/mol. The van der Waals surface area contributed by atoms with Crippen molar-refractivity contribution in [2.75, 3.05) is 46.2 Å². The molecule has 0 bridgehead atoms. The SMILES string of the molecule is C=CCO[C@@]12Oc3ccc(Oc4cccc(C=O)c4)cc3[C@H]3[C@H](CCCCO)[C@@H](CCCCO)C=C(C(=NOC(C)(C)C)C[C@@H]1N(CCOCCO)C(=O)C=Cc1ccc([N+](=O)[O-])cc1)[C@H]32. The van der Waals surface area contributed by atoms with Crippen molar-refractivity contribution >= 4 is 29.7 Å². The van der Waals surface area contributed by atoms with Crippen LogP contribution in [0.25, 0.3) is 6.08 Å². The summed E-state index contributed by atoms with van der Waals surface area (Å²) in [4.78, 5) is 45.3. The molecule has 6 rings (SSSR count). The first kappa shape index (κ1) is 49.7. The van der Waals surface area contributed by atoms with E-state index >= 15 is 0 Å². The van der Waals surface area contributed by atoms with E-state index in [2.05, 4.69) is 12.7 Å². The zero-order valence-electron chi connectivity index (χ0n) is 38.1. The normalized spacial score (nSPS) is 22.7. The van der Waals surface area contributed by atoms with Gasteiger partial charge in [-0.2, -0.15) is 0 Å².